The van der Waals surface area contributed by atoms with Gasteiger partial charge < -0.3 is 9.26 Å². The lowest BCUT2D eigenvalue weighted by atomic mass is 10.3. The van der Waals surface area contributed by atoms with Crippen molar-refractivity contribution in [2.75, 3.05) is 0 Å². The molecule has 0 spiro atoms. The molecule has 2 aromatic rings. The zero-order valence-electron chi connectivity index (χ0n) is 7.53. The molecule has 2 rings (SSSR count). The molecule has 0 aliphatic carbocycles. The van der Waals surface area contributed by atoms with Crippen LogP contribution in [0.15, 0.2) is 39.5 Å². The van der Waals surface area contributed by atoms with Crippen LogP contribution in [0.4, 0.5) is 0 Å². The largest absolute Gasteiger partial charge is 0.452 e. The quantitative estimate of drug-likeness (QED) is 0.822. The van der Waals surface area contributed by atoms with Crippen LogP contribution in [-0.4, -0.2) is 5.16 Å². The molecule has 72 valence electrons. The maximum Gasteiger partial charge on any atom is 0.189 e. The van der Waals surface area contributed by atoms with Crippen molar-refractivity contribution in [1.82, 2.24) is 5.16 Å². The Bertz CT molecular complexity index is 422. The lowest BCUT2D eigenvalue weighted by Crippen LogP contribution is -1.82. The summed E-state index contributed by atoms with van der Waals surface area (Å²) in [7, 11) is 0. The molecule has 0 saturated heterocycles. The van der Waals surface area contributed by atoms with Gasteiger partial charge in [-0.05, 0) is 24.3 Å². The standard InChI is InChI=1S/C10H8BrNO2/c1-7-10(6-12-14-7)13-9-4-2-8(11)3-5-9/h2-6H,1H3. The van der Waals surface area contributed by atoms with Crippen molar-refractivity contribution >= 4 is 15.9 Å². The number of hydrogen-bond acceptors (Lipinski definition) is 3. The molecule has 14 heavy (non-hydrogen) atoms. The maximum absolute atomic E-state index is 5.53. The number of benzene rings is 1. The Kier molecular flexibility index (Phi) is 2.54. The van der Waals surface area contributed by atoms with Crippen LogP contribution in [0.1, 0.15) is 5.76 Å². The molecular formula is C10H8BrNO2. The van der Waals surface area contributed by atoms with Gasteiger partial charge in [-0.25, -0.2) is 0 Å². The first-order valence-electron chi connectivity index (χ1n) is 4.10. The summed E-state index contributed by atoms with van der Waals surface area (Å²) in [6.45, 7) is 1.81. The smallest absolute Gasteiger partial charge is 0.189 e. The van der Waals surface area contributed by atoms with Crippen LogP contribution in [-0.2, 0) is 0 Å². The Morgan fingerprint density at radius 1 is 1.29 bits per heavy atom. The van der Waals surface area contributed by atoms with Gasteiger partial charge in [0.2, 0.25) is 0 Å². The van der Waals surface area contributed by atoms with E-state index in [-0.39, 0.29) is 0 Å². The predicted molar refractivity (Wildman–Crippen MR) is 55.5 cm³/mol. The van der Waals surface area contributed by atoms with Crippen molar-refractivity contribution in [2.24, 2.45) is 0 Å². The lowest BCUT2D eigenvalue weighted by molar-refractivity contribution is 0.386. The number of hydrogen-bond donors (Lipinski definition) is 0. The number of nitrogens with zero attached hydrogens (tertiary/aromatic N) is 1. The van der Waals surface area contributed by atoms with E-state index >= 15 is 0 Å². The molecule has 1 aromatic heterocycles. The third-order valence-corrected chi connectivity index (χ3v) is 2.28. The third kappa shape index (κ3) is 1.96. The van der Waals surface area contributed by atoms with Crippen LogP contribution in [0.2, 0.25) is 0 Å². The summed E-state index contributed by atoms with van der Waals surface area (Å²) in [5.41, 5.74) is 0. The molecule has 0 N–H and O–H groups in total. The van der Waals surface area contributed by atoms with Crippen molar-refractivity contribution in [1.29, 1.82) is 0 Å². The summed E-state index contributed by atoms with van der Waals surface area (Å²) < 4.78 is 11.4. The van der Waals surface area contributed by atoms with Crippen LogP contribution >= 0.6 is 15.9 Å². The molecular weight excluding hydrogens is 246 g/mol. The van der Waals surface area contributed by atoms with E-state index in [1.807, 2.05) is 24.3 Å². The van der Waals surface area contributed by atoms with E-state index in [4.69, 9.17) is 9.26 Å². The van der Waals surface area contributed by atoms with Gasteiger partial charge in [0, 0.05) is 11.4 Å². The second-order valence-corrected chi connectivity index (χ2v) is 3.72. The van der Waals surface area contributed by atoms with E-state index in [9.17, 15) is 0 Å². The van der Waals surface area contributed by atoms with Crippen LogP contribution in [0, 0.1) is 6.92 Å². The number of rotatable bonds is 2. The van der Waals surface area contributed by atoms with Gasteiger partial charge in [-0.2, -0.15) is 0 Å². The average molecular weight is 254 g/mol. The lowest BCUT2D eigenvalue weighted by Gasteiger charge is -2.02. The molecule has 4 heteroatoms. The number of halogens is 1. The fraction of sp³-hybridized carbons (Fsp3) is 0.100. The number of aryl methyl sites for hydroxylation is 1. The molecule has 0 unspecified atom stereocenters. The van der Waals surface area contributed by atoms with Crippen molar-refractivity contribution in [3.63, 3.8) is 0 Å². The SMILES string of the molecule is Cc1oncc1Oc1ccc(Br)cc1. The highest BCUT2D eigenvalue weighted by molar-refractivity contribution is 9.10. The van der Waals surface area contributed by atoms with E-state index in [1.165, 1.54) is 0 Å². The molecule has 0 atom stereocenters. The maximum atomic E-state index is 5.53. The molecule has 0 aliphatic heterocycles. The monoisotopic (exact) mass is 253 g/mol. The highest BCUT2D eigenvalue weighted by Gasteiger charge is 2.04. The minimum absolute atomic E-state index is 0.646. The minimum atomic E-state index is 0.646. The Balaban J connectivity index is 2.19. The summed E-state index contributed by atoms with van der Waals surface area (Å²) in [5.74, 6) is 2.08. The van der Waals surface area contributed by atoms with Crippen LogP contribution in [0.5, 0.6) is 11.5 Å². The van der Waals surface area contributed by atoms with E-state index in [0.717, 1.165) is 10.2 Å². The zero-order valence-corrected chi connectivity index (χ0v) is 9.11. The fourth-order valence-corrected chi connectivity index (χ4v) is 1.28. The average Bonchev–Trinajstić information content (AvgIpc) is 2.56. The van der Waals surface area contributed by atoms with Gasteiger partial charge in [0.25, 0.3) is 0 Å². The molecule has 0 saturated carbocycles. The first-order valence-corrected chi connectivity index (χ1v) is 4.90. The van der Waals surface area contributed by atoms with Crippen LogP contribution in [0.25, 0.3) is 0 Å². The third-order valence-electron chi connectivity index (χ3n) is 1.75. The van der Waals surface area contributed by atoms with Crippen molar-refractivity contribution in [2.45, 2.75) is 6.92 Å². The summed E-state index contributed by atoms with van der Waals surface area (Å²) in [6.07, 6.45) is 1.55. The van der Waals surface area contributed by atoms with E-state index in [0.29, 0.717) is 11.5 Å². The molecule has 3 nitrogen and oxygen atoms in total. The van der Waals surface area contributed by atoms with E-state index < -0.39 is 0 Å². The van der Waals surface area contributed by atoms with E-state index in [1.54, 1.807) is 13.1 Å². The molecule has 0 aliphatic rings. The topological polar surface area (TPSA) is 35.3 Å². The van der Waals surface area contributed by atoms with Gasteiger partial charge in [0.15, 0.2) is 11.5 Å². The Hall–Kier alpha value is -1.29. The molecule has 0 radical (unpaired) electrons. The van der Waals surface area contributed by atoms with Crippen molar-refractivity contribution in [3.8, 4) is 11.5 Å². The van der Waals surface area contributed by atoms with Crippen molar-refractivity contribution in [3.05, 3.63) is 40.7 Å². The van der Waals surface area contributed by atoms with Crippen molar-refractivity contribution < 1.29 is 9.26 Å². The summed E-state index contributed by atoms with van der Waals surface area (Å²) >= 11 is 3.35. The summed E-state index contributed by atoms with van der Waals surface area (Å²) in [4.78, 5) is 0. The first kappa shape index (κ1) is 9.27. The van der Waals surface area contributed by atoms with Gasteiger partial charge in [0.05, 0.1) is 0 Å². The van der Waals surface area contributed by atoms with Crippen LogP contribution in [0.3, 0.4) is 0 Å². The Labute approximate surface area is 89.8 Å². The Morgan fingerprint density at radius 2 is 2.00 bits per heavy atom. The fourth-order valence-electron chi connectivity index (χ4n) is 1.02. The molecule has 0 fully saturated rings. The van der Waals surface area contributed by atoms with Crippen LogP contribution < -0.4 is 4.74 Å². The van der Waals surface area contributed by atoms with Gasteiger partial charge in [-0.3, -0.25) is 0 Å². The Morgan fingerprint density at radius 3 is 2.57 bits per heavy atom. The van der Waals surface area contributed by atoms with Gasteiger partial charge in [-0.1, -0.05) is 21.1 Å². The van der Waals surface area contributed by atoms with Gasteiger partial charge in [0.1, 0.15) is 11.9 Å². The highest BCUT2D eigenvalue weighted by Crippen LogP contribution is 2.25. The second-order valence-electron chi connectivity index (χ2n) is 2.80. The minimum Gasteiger partial charge on any atom is -0.452 e. The zero-order chi connectivity index (χ0) is 9.97. The predicted octanol–water partition coefficient (Wildman–Crippen LogP) is 3.54. The molecule has 0 bridgehead atoms. The molecule has 1 heterocycles. The number of aromatic nitrogens is 1. The normalized spacial score (nSPS) is 10.1. The second kappa shape index (κ2) is 3.84. The summed E-state index contributed by atoms with van der Waals surface area (Å²) in [5, 5.41) is 3.63. The highest BCUT2D eigenvalue weighted by atomic mass is 79.9. The summed E-state index contributed by atoms with van der Waals surface area (Å²) in [6, 6.07) is 7.57. The van der Waals surface area contributed by atoms with Gasteiger partial charge >= 0.3 is 0 Å². The molecule has 1 aromatic carbocycles. The van der Waals surface area contributed by atoms with Gasteiger partial charge in [-0.15, -0.1) is 0 Å². The van der Waals surface area contributed by atoms with E-state index in [2.05, 4.69) is 21.1 Å². The number of ether oxygens (including phenoxy) is 1. The first-order chi connectivity index (χ1) is 6.75. The molecule has 0 amide bonds.